The van der Waals surface area contributed by atoms with Crippen molar-refractivity contribution in [3.8, 4) is 0 Å². The Hall–Kier alpha value is -2.55. The molecule has 0 aliphatic carbocycles. The molecule has 1 aromatic heterocycles. The molecule has 1 aliphatic rings. The maximum Gasteiger partial charge on any atom is 0.319 e. The zero-order chi connectivity index (χ0) is 18.4. The molecule has 0 saturated carbocycles. The highest BCUT2D eigenvalue weighted by Crippen LogP contribution is 2.19. The van der Waals surface area contributed by atoms with E-state index in [0.29, 0.717) is 23.5 Å². The van der Waals surface area contributed by atoms with Crippen LogP contribution in [0.5, 0.6) is 0 Å². The number of likely N-dealkylation sites (tertiary alicyclic amines) is 1. The molecule has 8 nitrogen and oxygen atoms in total. The van der Waals surface area contributed by atoms with E-state index in [1.165, 1.54) is 18.1 Å². The summed E-state index contributed by atoms with van der Waals surface area (Å²) in [7, 11) is 0. The first kappa shape index (κ1) is 18.2. The molecule has 2 aromatic rings. The zero-order valence-electron chi connectivity index (χ0n) is 14.6. The predicted molar refractivity (Wildman–Crippen MR) is 100 cm³/mol. The second-order valence-electron chi connectivity index (χ2n) is 6.05. The molecule has 2 heterocycles. The minimum Gasteiger partial charge on any atom is -0.339 e. The second-order valence-corrected chi connectivity index (χ2v) is 7.13. The van der Waals surface area contributed by atoms with Crippen molar-refractivity contribution in [2.24, 2.45) is 0 Å². The number of urea groups is 1. The lowest BCUT2D eigenvalue weighted by molar-refractivity contribution is 0.0792. The molecule has 1 saturated heterocycles. The molecule has 0 atom stereocenters. The summed E-state index contributed by atoms with van der Waals surface area (Å²) >= 11 is 1.48. The zero-order valence-corrected chi connectivity index (χ0v) is 15.4. The van der Waals surface area contributed by atoms with Crippen molar-refractivity contribution < 1.29 is 9.59 Å². The summed E-state index contributed by atoms with van der Waals surface area (Å²) in [6.45, 7) is 4.04. The van der Waals surface area contributed by atoms with E-state index in [4.69, 9.17) is 0 Å². The highest BCUT2D eigenvalue weighted by atomic mass is 32.2. The highest BCUT2D eigenvalue weighted by molar-refractivity contribution is 7.99. The number of nitrogens with one attached hydrogen (secondary N) is 3. The van der Waals surface area contributed by atoms with E-state index < -0.39 is 0 Å². The van der Waals surface area contributed by atoms with E-state index in [1.54, 1.807) is 12.1 Å². The van der Waals surface area contributed by atoms with Crippen molar-refractivity contribution in [1.29, 1.82) is 0 Å². The third-order valence-electron chi connectivity index (χ3n) is 4.13. The van der Waals surface area contributed by atoms with Gasteiger partial charge < -0.3 is 15.5 Å². The predicted octanol–water partition coefficient (Wildman–Crippen LogP) is 2.26. The quantitative estimate of drug-likeness (QED) is 0.532. The van der Waals surface area contributed by atoms with Gasteiger partial charge in [0.25, 0.3) is 5.91 Å². The van der Waals surface area contributed by atoms with Crippen molar-refractivity contribution >= 4 is 29.4 Å². The molecule has 0 radical (unpaired) electrons. The number of nitrogens with zero attached hydrogens (tertiary/aromatic N) is 3. The lowest BCUT2D eigenvalue weighted by atomic mass is 10.1. The first-order valence-electron chi connectivity index (χ1n) is 8.56. The van der Waals surface area contributed by atoms with Gasteiger partial charge in [-0.3, -0.25) is 9.89 Å². The lowest BCUT2D eigenvalue weighted by Crippen LogP contribution is -2.31. The monoisotopic (exact) mass is 374 g/mol. The van der Waals surface area contributed by atoms with Gasteiger partial charge in [0, 0.05) is 36.6 Å². The number of carbonyl (C=O) groups is 2. The van der Waals surface area contributed by atoms with Crippen LogP contribution in [0.2, 0.25) is 0 Å². The smallest absolute Gasteiger partial charge is 0.319 e. The summed E-state index contributed by atoms with van der Waals surface area (Å²) < 4.78 is 0. The van der Waals surface area contributed by atoms with Gasteiger partial charge in [0.15, 0.2) is 5.16 Å². The molecule has 138 valence electrons. The van der Waals surface area contributed by atoms with E-state index in [-0.39, 0.29) is 11.9 Å². The summed E-state index contributed by atoms with van der Waals surface area (Å²) in [5.41, 5.74) is 2.23. The fourth-order valence-corrected chi connectivity index (χ4v) is 3.42. The molecule has 3 amide bonds. The number of aryl methyl sites for hydroxylation is 1. The molecule has 0 unspecified atom stereocenters. The highest BCUT2D eigenvalue weighted by Gasteiger charge is 2.19. The Morgan fingerprint density at radius 3 is 2.81 bits per heavy atom. The molecule has 1 aliphatic heterocycles. The van der Waals surface area contributed by atoms with Gasteiger partial charge in [0.1, 0.15) is 6.33 Å². The van der Waals surface area contributed by atoms with Gasteiger partial charge in [-0.1, -0.05) is 11.8 Å². The SMILES string of the molecule is Cc1cc(C(=O)N2CCCC2)ccc1NC(=O)NCCSc1ncn[nH]1. The minimum atomic E-state index is -0.273. The summed E-state index contributed by atoms with van der Waals surface area (Å²) in [6, 6.07) is 5.10. The number of thioether (sulfide) groups is 1. The van der Waals surface area contributed by atoms with Gasteiger partial charge in [-0.05, 0) is 43.5 Å². The normalized spacial score (nSPS) is 13.7. The Labute approximate surface area is 156 Å². The summed E-state index contributed by atoms with van der Waals surface area (Å²) in [5, 5.41) is 12.8. The minimum absolute atomic E-state index is 0.0612. The molecular formula is C17H22N6O2S. The Kier molecular flexibility index (Phi) is 6.11. The standard InChI is InChI=1S/C17H22N6O2S/c1-12-10-13(15(24)23-7-2-3-8-23)4-5-14(12)21-16(25)18-6-9-26-17-19-11-20-22-17/h4-5,10-11H,2-3,6-9H2,1H3,(H2,18,21,25)(H,19,20,22). The lowest BCUT2D eigenvalue weighted by Gasteiger charge is -2.16. The van der Waals surface area contributed by atoms with Crippen LogP contribution < -0.4 is 10.6 Å². The van der Waals surface area contributed by atoms with E-state index in [0.717, 1.165) is 36.7 Å². The molecule has 0 spiro atoms. The number of H-pyrrole nitrogens is 1. The van der Waals surface area contributed by atoms with Crippen LogP contribution in [-0.4, -0.2) is 57.4 Å². The number of benzene rings is 1. The van der Waals surface area contributed by atoms with Crippen LogP contribution in [0, 0.1) is 6.92 Å². The Morgan fingerprint density at radius 2 is 2.12 bits per heavy atom. The topological polar surface area (TPSA) is 103 Å². The first-order valence-corrected chi connectivity index (χ1v) is 9.55. The molecule has 1 aromatic carbocycles. The van der Waals surface area contributed by atoms with Gasteiger partial charge in [0.05, 0.1) is 0 Å². The number of amides is 3. The Bertz CT molecular complexity index is 759. The van der Waals surface area contributed by atoms with Crippen LogP contribution in [0.1, 0.15) is 28.8 Å². The van der Waals surface area contributed by atoms with Crippen molar-refractivity contribution in [3.63, 3.8) is 0 Å². The van der Waals surface area contributed by atoms with E-state index in [2.05, 4.69) is 25.8 Å². The number of hydrogen-bond donors (Lipinski definition) is 3. The van der Waals surface area contributed by atoms with Crippen LogP contribution in [0.3, 0.4) is 0 Å². The molecule has 26 heavy (non-hydrogen) atoms. The Balaban J connectivity index is 1.47. The summed E-state index contributed by atoms with van der Waals surface area (Å²) in [5.74, 6) is 0.747. The third kappa shape index (κ3) is 4.75. The van der Waals surface area contributed by atoms with Gasteiger partial charge >= 0.3 is 6.03 Å². The van der Waals surface area contributed by atoms with Crippen LogP contribution in [0.15, 0.2) is 29.7 Å². The van der Waals surface area contributed by atoms with Crippen molar-refractivity contribution in [1.82, 2.24) is 25.4 Å². The molecule has 9 heteroatoms. The molecule has 1 fully saturated rings. The van der Waals surface area contributed by atoms with Gasteiger partial charge in [0.2, 0.25) is 0 Å². The number of anilines is 1. The van der Waals surface area contributed by atoms with E-state index in [9.17, 15) is 9.59 Å². The van der Waals surface area contributed by atoms with Gasteiger partial charge in [-0.2, -0.15) is 5.10 Å². The first-order chi connectivity index (χ1) is 12.6. The van der Waals surface area contributed by atoms with Gasteiger partial charge in [-0.25, -0.2) is 9.78 Å². The average Bonchev–Trinajstić information content (AvgIpc) is 3.33. The molecular weight excluding hydrogens is 352 g/mol. The van der Waals surface area contributed by atoms with E-state index >= 15 is 0 Å². The van der Waals surface area contributed by atoms with Gasteiger partial charge in [-0.15, -0.1) is 0 Å². The van der Waals surface area contributed by atoms with E-state index in [1.807, 2.05) is 17.9 Å². The second kappa shape index (κ2) is 8.70. The number of aromatic nitrogens is 3. The summed E-state index contributed by atoms with van der Waals surface area (Å²) in [4.78, 5) is 30.3. The molecule has 3 N–H and O–H groups in total. The molecule has 3 rings (SSSR count). The van der Waals surface area contributed by atoms with Crippen molar-refractivity contribution in [3.05, 3.63) is 35.7 Å². The number of rotatable bonds is 6. The van der Waals surface area contributed by atoms with Crippen molar-refractivity contribution in [2.75, 3.05) is 30.7 Å². The number of carbonyl (C=O) groups excluding carboxylic acids is 2. The maximum atomic E-state index is 12.4. The van der Waals surface area contributed by atoms with Crippen LogP contribution in [0.4, 0.5) is 10.5 Å². The molecule has 0 bridgehead atoms. The van der Waals surface area contributed by atoms with Crippen LogP contribution in [-0.2, 0) is 0 Å². The summed E-state index contributed by atoms with van der Waals surface area (Å²) in [6.07, 6.45) is 3.59. The van der Waals surface area contributed by atoms with Crippen LogP contribution >= 0.6 is 11.8 Å². The largest absolute Gasteiger partial charge is 0.339 e. The fraction of sp³-hybridized carbons (Fsp3) is 0.412. The fourth-order valence-electron chi connectivity index (χ4n) is 2.78. The van der Waals surface area contributed by atoms with Crippen LogP contribution in [0.25, 0.3) is 0 Å². The maximum absolute atomic E-state index is 12.4. The number of aromatic amines is 1. The number of hydrogen-bond acceptors (Lipinski definition) is 5. The average molecular weight is 374 g/mol. The Morgan fingerprint density at radius 1 is 1.31 bits per heavy atom. The third-order valence-corrected chi connectivity index (χ3v) is 5.01. The van der Waals surface area contributed by atoms with Crippen molar-refractivity contribution in [2.45, 2.75) is 24.9 Å².